The van der Waals surface area contributed by atoms with E-state index in [0.717, 1.165) is 10.5 Å². The minimum atomic E-state index is -1.22. The Bertz CT molecular complexity index is 742. The zero-order chi connectivity index (χ0) is 18.9. The summed E-state index contributed by atoms with van der Waals surface area (Å²) in [7, 11) is 0. The number of carboxylic acid groups (broad SMARTS) is 1. The first kappa shape index (κ1) is 19.9. The first-order chi connectivity index (χ1) is 12.5. The van der Waals surface area contributed by atoms with Gasteiger partial charge in [0.2, 0.25) is 5.91 Å². The molecule has 1 aromatic carbocycles. The van der Waals surface area contributed by atoms with Crippen LogP contribution in [0.1, 0.15) is 11.3 Å². The van der Waals surface area contributed by atoms with E-state index in [1.54, 1.807) is 18.2 Å². The van der Waals surface area contributed by atoms with Crippen molar-refractivity contribution in [2.24, 2.45) is 0 Å². The Morgan fingerprint density at radius 2 is 1.88 bits per heavy atom. The first-order valence-electron chi connectivity index (χ1n) is 8.04. The van der Waals surface area contributed by atoms with Crippen LogP contribution in [0.4, 0.5) is 4.79 Å². The molecule has 0 fully saturated rings. The van der Waals surface area contributed by atoms with E-state index in [9.17, 15) is 14.7 Å². The predicted octanol–water partition coefficient (Wildman–Crippen LogP) is 2.04. The Kier molecular flexibility index (Phi) is 7.55. The molecule has 0 aliphatic carbocycles. The van der Waals surface area contributed by atoms with E-state index in [1.807, 2.05) is 30.3 Å². The minimum Gasteiger partial charge on any atom is -0.465 e. The van der Waals surface area contributed by atoms with Crippen molar-refractivity contribution >= 4 is 27.9 Å². The predicted molar refractivity (Wildman–Crippen MR) is 99.5 cm³/mol. The first-order valence-corrected chi connectivity index (χ1v) is 8.84. The van der Waals surface area contributed by atoms with Crippen LogP contribution in [0, 0.1) is 0 Å². The van der Waals surface area contributed by atoms with Crippen molar-refractivity contribution in [2.45, 2.75) is 19.0 Å². The van der Waals surface area contributed by atoms with Crippen LogP contribution >= 0.6 is 15.9 Å². The largest absolute Gasteiger partial charge is 0.465 e. The molecule has 8 heteroatoms. The summed E-state index contributed by atoms with van der Waals surface area (Å²) in [5.41, 5.74) is 1.36. The number of halogens is 1. The molecule has 1 heterocycles. The van der Waals surface area contributed by atoms with Gasteiger partial charge < -0.3 is 15.5 Å². The molecule has 138 valence electrons. The van der Waals surface area contributed by atoms with Crippen LogP contribution in [-0.2, 0) is 17.8 Å². The molecule has 0 radical (unpaired) electrons. The van der Waals surface area contributed by atoms with Crippen LogP contribution in [-0.4, -0.2) is 51.3 Å². The van der Waals surface area contributed by atoms with Gasteiger partial charge in [-0.15, -0.1) is 0 Å². The molecule has 0 bridgehead atoms. The molecule has 0 aliphatic heterocycles. The number of aromatic nitrogens is 1. The molecule has 0 saturated carbocycles. The van der Waals surface area contributed by atoms with Crippen molar-refractivity contribution in [3.63, 3.8) is 0 Å². The Balaban J connectivity index is 2.28. The SMILES string of the molecule is O=C(NCCO)C(Cc1ccccc1)N(Cc1cccc(Br)n1)C(=O)O. The number of hydrogen-bond acceptors (Lipinski definition) is 4. The molecule has 26 heavy (non-hydrogen) atoms. The summed E-state index contributed by atoms with van der Waals surface area (Å²) in [4.78, 5) is 29.7. The number of carbonyl (C=O) groups excluding carboxylic acids is 1. The van der Waals surface area contributed by atoms with Crippen molar-refractivity contribution < 1.29 is 19.8 Å². The van der Waals surface area contributed by atoms with Crippen LogP contribution in [0.15, 0.2) is 53.1 Å². The zero-order valence-corrected chi connectivity index (χ0v) is 15.6. The summed E-state index contributed by atoms with van der Waals surface area (Å²) < 4.78 is 0.588. The number of nitrogens with one attached hydrogen (secondary N) is 1. The summed E-state index contributed by atoms with van der Waals surface area (Å²) in [5.74, 6) is -0.458. The molecule has 1 atom stereocenters. The van der Waals surface area contributed by atoms with E-state index in [-0.39, 0.29) is 26.1 Å². The molecule has 2 amide bonds. The molecular formula is C18H20BrN3O4. The summed E-state index contributed by atoms with van der Waals surface area (Å²) in [6, 6.07) is 13.4. The summed E-state index contributed by atoms with van der Waals surface area (Å²) in [6.45, 7) is -0.185. The molecule has 1 unspecified atom stereocenters. The zero-order valence-electron chi connectivity index (χ0n) is 14.0. The molecular weight excluding hydrogens is 402 g/mol. The van der Waals surface area contributed by atoms with Gasteiger partial charge in [0, 0.05) is 13.0 Å². The quantitative estimate of drug-likeness (QED) is 0.565. The van der Waals surface area contributed by atoms with Gasteiger partial charge in [-0.25, -0.2) is 9.78 Å². The fourth-order valence-corrected chi connectivity index (χ4v) is 2.88. The van der Waals surface area contributed by atoms with Gasteiger partial charge in [-0.05, 0) is 33.6 Å². The van der Waals surface area contributed by atoms with Gasteiger partial charge in [0.05, 0.1) is 18.8 Å². The molecule has 2 aromatic rings. The fourth-order valence-electron chi connectivity index (χ4n) is 2.50. The topological polar surface area (TPSA) is 103 Å². The van der Waals surface area contributed by atoms with Gasteiger partial charge in [0.1, 0.15) is 10.6 Å². The number of carbonyl (C=O) groups is 2. The van der Waals surface area contributed by atoms with Crippen molar-refractivity contribution in [3.8, 4) is 0 Å². The van der Waals surface area contributed by atoms with E-state index in [0.29, 0.717) is 10.3 Å². The average molecular weight is 422 g/mol. The lowest BCUT2D eigenvalue weighted by molar-refractivity contribution is -0.126. The van der Waals surface area contributed by atoms with Gasteiger partial charge in [0.25, 0.3) is 0 Å². The second-order valence-electron chi connectivity index (χ2n) is 5.58. The van der Waals surface area contributed by atoms with E-state index in [4.69, 9.17) is 5.11 Å². The lowest BCUT2D eigenvalue weighted by atomic mass is 10.0. The molecule has 3 N–H and O–H groups in total. The van der Waals surface area contributed by atoms with E-state index in [1.165, 1.54) is 0 Å². The maximum absolute atomic E-state index is 12.6. The smallest absolute Gasteiger partial charge is 0.408 e. The third kappa shape index (κ3) is 5.82. The van der Waals surface area contributed by atoms with Crippen LogP contribution in [0.3, 0.4) is 0 Å². The number of hydrogen-bond donors (Lipinski definition) is 3. The lowest BCUT2D eigenvalue weighted by Gasteiger charge is -2.28. The minimum absolute atomic E-state index is 0.0289. The average Bonchev–Trinajstić information content (AvgIpc) is 2.63. The number of pyridine rings is 1. The van der Waals surface area contributed by atoms with Gasteiger partial charge in [0.15, 0.2) is 0 Å². The Morgan fingerprint density at radius 3 is 2.50 bits per heavy atom. The molecule has 7 nitrogen and oxygen atoms in total. The number of aliphatic hydroxyl groups excluding tert-OH is 1. The van der Waals surface area contributed by atoms with Gasteiger partial charge >= 0.3 is 6.09 Å². The molecule has 0 aliphatic rings. The number of aliphatic hydroxyl groups is 1. The number of rotatable bonds is 8. The summed E-state index contributed by atoms with van der Waals surface area (Å²) in [6.07, 6.45) is -0.995. The summed E-state index contributed by atoms with van der Waals surface area (Å²) in [5, 5.41) is 21.2. The van der Waals surface area contributed by atoms with Crippen LogP contribution in [0.25, 0.3) is 0 Å². The maximum atomic E-state index is 12.6. The molecule has 2 rings (SSSR count). The van der Waals surface area contributed by atoms with Crippen LogP contribution in [0.5, 0.6) is 0 Å². The maximum Gasteiger partial charge on any atom is 0.408 e. The fraction of sp³-hybridized carbons (Fsp3) is 0.278. The highest BCUT2D eigenvalue weighted by Gasteiger charge is 2.30. The molecule has 0 saturated heterocycles. The molecule has 0 spiro atoms. The van der Waals surface area contributed by atoms with E-state index < -0.39 is 18.0 Å². The third-order valence-electron chi connectivity index (χ3n) is 3.71. The van der Waals surface area contributed by atoms with Crippen molar-refractivity contribution in [1.82, 2.24) is 15.2 Å². The number of nitrogens with zero attached hydrogens (tertiary/aromatic N) is 2. The van der Waals surface area contributed by atoms with Crippen molar-refractivity contribution in [3.05, 3.63) is 64.4 Å². The number of amides is 2. The van der Waals surface area contributed by atoms with Gasteiger partial charge in [-0.2, -0.15) is 0 Å². The Hall–Kier alpha value is -2.45. The summed E-state index contributed by atoms with van der Waals surface area (Å²) >= 11 is 3.26. The third-order valence-corrected chi connectivity index (χ3v) is 4.15. The highest BCUT2D eigenvalue weighted by atomic mass is 79.9. The van der Waals surface area contributed by atoms with Crippen LogP contribution in [0.2, 0.25) is 0 Å². The highest BCUT2D eigenvalue weighted by molar-refractivity contribution is 9.10. The van der Waals surface area contributed by atoms with Gasteiger partial charge in [-0.3, -0.25) is 9.69 Å². The normalized spacial score (nSPS) is 11.6. The standard InChI is InChI=1S/C18H20BrN3O4/c19-16-8-4-7-14(21-16)12-22(18(25)26)15(17(24)20-9-10-23)11-13-5-2-1-3-6-13/h1-8,15,23H,9-12H2,(H,20,24)(H,25,26). The van der Waals surface area contributed by atoms with Crippen LogP contribution < -0.4 is 5.32 Å². The second-order valence-corrected chi connectivity index (χ2v) is 6.39. The van der Waals surface area contributed by atoms with E-state index in [2.05, 4.69) is 26.2 Å². The number of benzene rings is 1. The van der Waals surface area contributed by atoms with Crippen molar-refractivity contribution in [1.29, 1.82) is 0 Å². The molecule has 1 aromatic heterocycles. The van der Waals surface area contributed by atoms with Gasteiger partial charge in [-0.1, -0.05) is 36.4 Å². The monoisotopic (exact) mass is 421 g/mol. The Morgan fingerprint density at radius 1 is 1.15 bits per heavy atom. The Labute approximate surface area is 159 Å². The lowest BCUT2D eigenvalue weighted by Crippen LogP contribution is -2.50. The highest BCUT2D eigenvalue weighted by Crippen LogP contribution is 2.15. The van der Waals surface area contributed by atoms with Crippen molar-refractivity contribution in [2.75, 3.05) is 13.2 Å². The van der Waals surface area contributed by atoms with E-state index >= 15 is 0 Å². The second kappa shape index (κ2) is 9.88.